The Balaban J connectivity index is 3.56. The summed E-state index contributed by atoms with van der Waals surface area (Å²) in [5.74, 6) is 0. The third-order valence-electron chi connectivity index (χ3n) is 1.90. The van der Waals surface area contributed by atoms with Gasteiger partial charge in [-0.25, -0.2) is 0 Å². The number of benzene rings is 1. The zero-order chi connectivity index (χ0) is 10.2. The average molecular weight is 293 g/mol. The molecule has 72 valence electrons. The fourth-order valence-corrected chi connectivity index (χ4v) is 1.85. The third kappa shape index (κ3) is 1.46. The van der Waals surface area contributed by atoms with Crippen LogP contribution in [-0.2, 0) is 6.54 Å². The fourth-order valence-electron chi connectivity index (χ4n) is 1.05. The van der Waals surface area contributed by atoms with Gasteiger partial charge in [0.15, 0.2) is 0 Å². The van der Waals surface area contributed by atoms with Crippen LogP contribution in [0.3, 0.4) is 0 Å². The first kappa shape index (κ1) is 10.2. The Hall–Kier alpha value is -0.890. The second-order valence-corrected chi connectivity index (χ2v) is 3.73. The van der Waals surface area contributed by atoms with Gasteiger partial charge in [0.1, 0.15) is 0 Å². The maximum atomic E-state index is 5.72. The molecule has 0 heterocycles. The highest BCUT2D eigenvalue weighted by Gasteiger charge is 2.14. The fraction of sp³-hybridized carbons (Fsp3) is 0.143. The van der Waals surface area contributed by atoms with Gasteiger partial charge in [-0.3, -0.25) is 0 Å². The molecule has 13 heavy (non-hydrogen) atoms. The topological polar surface area (TPSA) is 130 Å². The maximum absolute atomic E-state index is 5.72. The number of hydrogen-bond donors (Lipinski definition) is 5. The van der Waals surface area contributed by atoms with Crippen LogP contribution in [0.2, 0.25) is 0 Å². The van der Waals surface area contributed by atoms with E-state index in [-0.39, 0.29) is 0 Å². The molecular formula is C7H12IN5. The number of halogens is 1. The number of nitrogen functional groups attached to an aromatic ring is 4. The predicted molar refractivity (Wildman–Crippen MR) is 64.7 cm³/mol. The van der Waals surface area contributed by atoms with Crippen molar-refractivity contribution < 1.29 is 0 Å². The van der Waals surface area contributed by atoms with Crippen LogP contribution < -0.4 is 28.7 Å². The van der Waals surface area contributed by atoms with E-state index in [0.717, 1.165) is 9.13 Å². The standard InChI is InChI=1S/C7H12IN5/c8-3-2(1-9)4(10)6(12)7(13)5(3)11/h1,9-13H2. The Morgan fingerprint density at radius 2 is 1.31 bits per heavy atom. The maximum Gasteiger partial charge on any atom is 0.0813 e. The first-order chi connectivity index (χ1) is 6.00. The molecule has 0 aliphatic heterocycles. The van der Waals surface area contributed by atoms with Crippen LogP contribution in [0.15, 0.2) is 0 Å². The Kier molecular flexibility index (Phi) is 2.71. The van der Waals surface area contributed by atoms with Crippen molar-refractivity contribution in [3.63, 3.8) is 0 Å². The van der Waals surface area contributed by atoms with Gasteiger partial charge in [-0.15, -0.1) is 0 Å². The molecule has 6 heteroatoms. The van der Waals surface area contributed by atoms with Crippen LogP contribution in [-0.4, -0.2) is 0 Å². The highest BCUT2D eigenvalue weighted by atomic mass is 127. The van der Waals surface area contributed by atoms with E-state index in [2.05, 4.69) is 22.6 Å². The molecule has 0 amide bonds. The quantitative estimate of drug-likeness (QED) is 0.370. The molecule has 0 aliphatic carbocycles. The minimum absolute atomic E-state index is 0.304. The van der Waals surface area contributed by atoms with E-state index in [1.165, 1.54) is 0 Å². The van der Waals surface area contributed by atoms with Gasteiger partial charge in [-0.2, -0.15) is 0 Å². The van der Waals surface area contributed by atoms with Crippen molar-refractivity contribution in [3.8, 4) is 0 Å². The van der Waals surface area contributed by atoms with Crippen LogP contribution in [0.5, 0.6) is 0 Å². The van der Waals surface area contributed by atoms with Gasteiger partial charge < -0.3 is 28.7 Å². The van der Waals surface area contributed by atoms with Gasteiger partial charge in [-0.05, 0) is 22.6 Å². The minimum atomic E-state index is 0.304. The number of rotatable bonds is 1. The lowest BCUT2D eigenvalue weighted by Crippen LogP contribution is -2.12. The molecule has 0 fully saturated rings. The zero-order valence-corrected chi connectivity index (χ0v) is 9.13. The summed E-state index contributed by atoms with van der Waals surface area (Å²) in [5.41, 5.74) is 30.5. The smallest absolute Gasteiger partial charge is 0.0813 e. The second-order valence-electron chi connectivity index (χ2n) is 2.65. The molecule has 0 unspecified atom stereocenters. The molecule has 0 atom stereocenters. The summed E-state index contributed by atoms with van der Waals surface area (Å²) in [6, 6.07) is 0. The molecule has 1 rings (SSSR count). The Labute approximate surface area is 89.8 Å². The van der Waals surface area contributed by atoms with Gasteiger partial charge in [0.2, 0.25) is 0 Å². The molecule has 0 radical (unpaired) electrons. The molecule has 0 spiro atoms. The van der Waals surface area contributed by atoms with Crippen LogP contribution in [0.4, 0.5) is 22.7 Å². The van der Waals surface area contributed by atoms with Gasteiger partial charge in [0.25, 0.3) is 0 Å². The van der Waals surface area contributed by atoms with E-state index in [9.17, 15) is 0 Å². The van der Waals surface area contributed by atoms with Crippen molar-refractivity contribution in [1.82, 2.24) is 0 Å². The highest BCUT2D eigenvalue weighted by Crippen LogP contribution is 2.36. The van der Waals surface area contributed by atoms with Crippen molar-refractivity contribution in [2.75, 3.05) is 22.9 Å². The van der Waals surface area contributed by atoms with Crippen LogP contribution in [0.1, 0.15) is 5.56 Å². The number of nitrogens with two attached hydrogens (primary N) is 5. The average Bonchev–Trinajstić information content (AvgIpc) is 2.13. The van der Waals surface area contributed by atoms with E-state index >= 15 is 0 Å². The number of anilines is 4. The molecule has 0 saturated carbocycles. The Morgan fingerprint density at radius 3 is 1.77 bits per heavy atom. The van der Waals surface area contributed by atoms with Gasteiger partial charge >= 0.3 is 0 Å². The molecule has 1 aromatic carbocycles. The van der Waals surface area contributed by atoms with E-state index in [1.54, 1.807) is 0 Å². The molecule has 10 N–H and O–H groups in total. The molecule has 0 aliphatic rings. The van der Waals surface area contributed by atoms with E-state index in [4.69, 9.17) is 28.7 Å². The van der Waals surface area contributed by atoms with Crippen LogP contribution in [0, 0.1) is 3.57 Å². The summed E-state index contributed by atoms with van der Waals surface area (Å²) < 4.78 is 0.782. The van der Waals surface area contributed by atoms with E-state index in [1.807, 2.05) is 0 Å². The summed E-state index contributed by atoms with van der Waals surface area (Å²) in [5, 5.41) is 0. The van der Waals surface area contributed by atoms with Crippen molar-refractivity contribution in [2.45, 2.75) is 6.54 Å². The molecule has 0 saturated heterocycles. The molecule has 1 aromatic rings. The lowest BCUT2D eigenvalue weighted by Gasteiger charge is -2.14. The van der Waals surface area contributed by atoms with Crippen LogP contribution >= 0.6 is 22.6 Å². The number of hydrogen-bond acceptors (Lipinski definition) is 5. The molecule has 5 nitrogen and oxygen atoms in total. The van der Waals surface area contributed by atoms with Crippen molar-refractivity contribution in [3.05, 3.63) is 9.13 Å². The highest BCUT2D eigenvalue weighted by molar-refractivity contribution is 14.1. The second kappa shape index (κ2) is 3.46. The summed E-state index contributed by atoms with van der Waals surface area (Å²) in [4.78, 5) is 0. The van der Waals surface area contributed by atoms with E-state index in [0.29, 0.717) is 29.3 Å². The largest absolute Gasteiger partial charge is 0.397 e. The van der Waals surface area contributed by atoms with Crippen molar-refractivity contribution in [1.29, 1.82) is 0 Å². The lowest BCUT2D eigenvalue weighted by molar-refractivity contribution is 1.07. The normalized spacial score (nSPS) is 10.3. The van der Waals surface area contributed by atoms with Gasteiger partial charge in [-0.1, -0.05) is 0 Å². The summed E-state index contributed by atoms with van der Waals surface area (Å²) >= 11 is 2.05. The zero-order valence-electron chi connectivity index (χ0n) is 6.97. The predicted octanol–water partition coefficient (Wildman–Crippen LogP) is 0.0787. The van der Waals surface area contributed by atoms with Crippen molar-refractivity contribution >= 4 is 45.3 Å². The van der Waals surface area contributed by atoms with E-state index < -0.39 is 0 Å². The lowest BCUT2D eigenvalue weighted by atomic mass is 10.1. The van der Waals surface area contributed by atoms with Crippen LogP contribution in [0.25, 0.3) is 0 Å². The molecule has 0 aromatic heterocycles. The third-order valence-corrected chi connectivity index (χ3v) is 3.13. The Morgan fingerprint density at radius 1 is 0.846 bits per heavy atom. The first-order valence-corrected chi connectivity index (χ1v) is 4.68. The molecule has 0 bridgehead atoms. The Bertz CT molecular complexity index is 320. The van der Waals surface area contributed by atoms with Crippen molar-refractivity contribution in [2.24, 2.45) is 5.73 Å². The van der Waals surface area contributed by atoms with Gasteiger partial charge in [0.05, 0.1) is 22.7 Å². The summed E-state index contributed by atoms with van der Waals surface area (Å²) in [6.45, 7) is 0.304. The summed E-state index contributed by atoms with van der Waals surface area (Å²) in [7, 11) is 0. The monoisotopic (exact) mass is 293 g/mol. The SMILES string of the molecule is NCc1c(N)c(N)c(N)c(N)c1I. The minimum Gasteiger partial charge on any atom is -0.397 e. The molecular weight excluding hydrogens is 281 g/mol. The van der Waals surface area contributed by atoms with Gasteiger partial charge in [0, 0.05) is 15.7 Å². The summed E-state index contributed by atoms with van der Waals surface area (Å²) in [6.07, 6.45) is 0. The first-order valence-electron chi connectivity index (χ1n) is 3.61.